The van der Waals surface area contributed by atoms with E-state index in [1.807, 2.05) is 60.7 Å². The standard InChI is InChI=1S/C51H32N4O/c1-4-15-33(16-5-1)49-52-50(34-17-6-2-7-18-34)54-51(53-49)38-22-13-20-36(32-38)35-19-12-21-37(31-35)40-26-14-28-45-46(40)42-29-30-44-47(48(42)56-45)41-25-10-11-27-43(41)55(44)39-23-8-3-9-24-39/h1-32H. The molecular weight excluding hydrogens is 685 g/mol. The minimum atomic E-state index is 0.630. The van der Waals surface area contributed by atoms with Crippen LogP contribution in [-0.4, -0.2) is 19.5 Å². The first-order valence-corrected chi connectivity index (χ1v) is 18.8. The maximum atomic E-state index is 6.82. The van der Waals surface area contributed by atoms with Crippen LogP contribution in [0, 0.1) is 0 Å². The van der Waals surface area contributed by atoms with Crippen molar-refractivity contribution in [1.29, 1.82) is 0 Å². The van der Waals surface area contributed by atoms with Gasteiger partial charge in [-0.15, -0.1) is 0 Å². The topological polar surface area (TPSA) is 56.7 Å². The molecule has 11 aromatic rings. The molecule has 8 aromatic carbocycles. The molecule has 56 heavy (non-hydrogen) atoms. The quantitative estimate of drug-likeness (QED) is 0.172. The molecule has 5 nitrogen and oxygen atoms in total. The highest BCUT2D eigenvalue weighted by Gasteiger charge is 2.20. The Morgan fingerprint density at radius 1 is 0.357 bits per heavy atom. The summed E-state index contributed by atoms with van der Waals surface area (Å²) in [5, 5.41) is 4.51. The summed E-state index contributed by atoms with van der Waals surface area (Å²) >= 11 is 0. The largest absolute Gasteiger partial charge is 0.455 e. The van der Waals surface area contributed by atoms with Crippen molar-refractivity contribution in [3.8, 4) is 62.1 Å². The summed E-state index contributed by atoms with van der Waals surface area (Å²) in [5.74, 6) is 1.92. The van der Waals surface area contributed by atoms with Crippen LogP contribution in [0.1, 0.15) is 0 Å². The monoisotopic (exact) mass is 716 g/mol. The summed E-state index contributed by atoms with van der Waals surface area (Å²) in [6.45, 7) is 0. The van der Waals surface area contributed by atoms with Gasteiger partial charge in [-0.2, -0.15) is 0 Å². The van der Waals surface area contributed by atoms with E-state index in [9.17, 15) is 0 Å². The Labute approximate surface area is 322 Å². The van der Waals surface area contributed by atoms with Crippen LogP contribution >= 0.6 is 0 Å². The molecule has 0 radical (unpaired) electrons. The molecule has 0 aliphatic rings. The number of aromatic nitrogens is 4. The molecule has 0 aliphatic heterocycles. The molecule has 0 fully saturated rings. The fourth-order valence-electron chi connectivity index (χ4n) is 8.07. The zero-order chi connectivity index (χ0) is 37.0. The molecule has 5 heteroatoms. The van der Waals surface area contributed by atoms with Gasteiger partial charge in [0.25, 0.3) is 0 Å². The third kappa shape index (κ3) is 5.29. The van der Waals surface area contributed by atoms with Crippen molar-refractivity contribution in [2.45, 2.75) is 0 Å². The fourth-order valence-corrected chi connectivity index (χ4v) is 8.07. The maximum absolute atomic E-state index is 6.82. The fraction of sp³-hybridized carbons (Fsp3) is 0. The molecule has 0 saturated heterocycles. The van der Waals surface area contributed by atoms with Gasteiger partial charge in [0.15, 0.2) is 17.5 Å². The van der Waals surface area contributed by atoms with Crippen LogP contribution in [0.3, 0.4) is 0 Å². The molecular formula is C51H32N4O. The van der Waals surface area contributed by atoms with E-state index in [0.29, 0.717) is 17.5 Å². The Bertz CT molecular complexity index is 3180. The van der Waals surface area contributed by atoms with E-state index in [1.54, 1.807) is 0 Å². The molecule has 3 aromatic heterocycles. The highest BCUT2D eigenvalue weighted by Crippen LogP contribution is 2.43. The average molecular weight is 717 g/mol. The molecule has 0 N–H and O–H groups in total. The highest BCUT2D eigenvalue weighted by molar-refractivity contribution is 6.25. The predicted octanol–water partition coefficient (Wildman–Crippen LogP) is 13.2. The summed E-state index contributed by atoms with van der Waals surface area (Å²) in [6, 6.07) is 67.3. The first-order chi connectivity index (χ1) is 27.8. The summed E-state index contributed by atoms with van der Waals surface area (Å²) in [4.78, 5) is 14.8. The van der Waals surface area contributed by atoms with Crippen LogP contribution in [0.2, 0.25) is 0 Å². The van der Waals surface area contributed by atoms with E-state index in [2.05, 4.69) is 138 Å². The average Bonchev–Trinajstić information content (AvgIpc) is 3.83. The van der Waals surface area contributed by atoms with Gasteiger partial charge in [0, 0.05) is 38.5 Å². The molecule has 0 aliphatic carbocycles. The van der Waals surface area contributed by atoms with Crippen LogP contribution in [0.4, 0.5) is 0 Å². The number of nitrogens with zero attached hydrogens (tertiary/aromatic N) is 4. The summed E-state index contributed by atoms with van der Waals surface area (Å²) < 4.78 is 9.15. The Balaban J connectivity index is 1.04. The van der Waals surface area contributed by atoms with Gasteiger partial charge in [-0.1, -0.05) is 146 Å². The van der Waals surface area contributed by atoms with E-state index in [0.717, 1.165) is 83.0 Å². The van der Waals surface area contributed by atoms with E-state index in [4.69, 9.17) is 19.4 Å². The van der Waals surface area contributed by atoms with Gasteiger partial charge < -0.3 is 8.98 Å². The van der Waals surface area contributed by atoms with Gasteiger partial charge in [-0.05, 0) is 70.8 Å². The Kier molecular flexibility index (Phi) is 7.42. The van der Waals surface area contributed by atoms with Crippen molar-refractivity contribution in [1.82, 2.24) is 19.5 Å². The second-order valence-corrected chi connectivity index (χ2v) is 14.0. The third-order valence-electron chi connectivity index (χ3n) is 10.6. The predicted molar refractivity (Wildman–Crippen MR) is 229 cm³/mol. The number of hydrogen-bond acceptors (Lipinski definition) is 4. The molecule has 0 saturated carbocycles. The molecule has 0 atom stereocenters. The number of fused-ring (bicyclic) bond motifs is 7. The Morgan fingerprint density at radius 3 is 1.59 bits per heavy atom. The second-order valence-electron chi connectivity index (χ2n) is 14.0. The smallest absolute Gasteiger partial charge is 0.164 e. The van der Waals surface area contributed by atoms with Crippen molar-refractivity contribution in [3.63, 3.8) is 0 Å². The lowest BCUT2D eigenvalue weighted by atomic mass is 9.95. The SMILES string of the molecule is c1ccc(-c2nc(-c3ccccc3)nc(-c3cccc(-c4cccc(-c5cccc6oc7c(ccc8c7c7ccccc7n8-c7ccccc7)c56)c4)c3)n2)cc1. The van der Waals surface area contributed by atoms with Gasteiger partial charge in [0.05, 0.1) is 16.4 Å². The zero-order valence-electron chi connectivity index (χ0n) is 30.2. The minimum Gasteiger partial charge on any atom is -0.455 e. The first kappa shape index (κ1) is 31.9. The molecule has 262 valence electrons. The van der Waals surface area contributed by atoms with Crippen molar-refractivity contribution >= 4 is 43.7 Å². The van der Waals surface area contributed by atoms with Crippen LogP contribution in [0.5, 0.6) is 0 Å². The highest BCUT2D eigenvalue weighted by atomic mass is 16.3. The Hall–Kier alpha value is -7.63. The summed E-state index contributed by atoms with van der Waals surface area (Å²) in [7, 11) is 0. The van der Waals surface area contributed by atoms with Crippen LogP contribution in [0.25, 0.3) is 106 Å². The maximum Gasteiger partial charge on any atom is 0.164 e. The number of benzene rings is 8. The van der Waals surface area contributed by atoms with E-state index < -0.39 is 0 Å². The summed E-state index contributed by atoms with van der Waals surface area (Å²) in [6.07, 6.45) is 0. The second kappa shape index (κ2) is 13.0. The van der Waals surface area contributed by atoms with Crippen LogP contribution < -0.4 is 0 Å². The zero-order valence-corrected chi connectivity index (χ0v) is 30.2. The number of furan rings is 1. The summed E-state index contributed by atoms with van der Waals surface area (Å²) in [5.41, 5.74) is 12.4. The van der Waals surface area contributed by atoms with Gasteiger partial charge in [-0.25, -0.2) is 15.0 Å². The lowest BCUT2D eigenvalue weighted by Crippen LogP contribution is -2.00. The minimum absolute atomic E-state index is 0.630. The van der Waals surface area contributed by atoms with E-state index >= 15 is 0 Å². The van der Waals surface area contributed by atoms with Gasteiger partial charge in [-0.3, -0.25) is 0 Å². The van der Waals surface area contributed by atoms with Gasteiger partial charge in [0.2, 0.25) is 0 Å². The Morgan fingerprint density at radius 2 is 0.893 bits per heavy atom. The van der Waals surface area contributed by atoms with E-state index in [-0.39, 0.29) is 0 Å². The van der Waals surface area contributed by atoms with E-state index in [1.165, 1.54) is 5.39 Å². The molecule has 0 spiro atoms. The lowest BCUT2D eigenvalue weighted by molar-refractivity contribution is 0.673. The number of hydrogen-bond donors (Lipinski definition) is 0. The molecule has 0 unspecified atom stereocenters. The van der Waals surface area contributed by atoms with Crippen molar-refractivity contribution in [2.75, 3.05) is 0 Å². The molecule has 0 amide bonds. The lowest BCUT2D eigenvalue weighted by Gasteiger charge is -2.11. The molecule has 11 rings (SSSR count). The van der Waals surface area contributed by atoms with Crippen molar-refractivity contribution in [3.05, 3.63) is 194 Å². The van der Waals surface area contributed by atoms with Gasteiger partial charge in [0.1, 0.15) is 11.2 Å². The van der Waals surface area contributed by atoms with Crippen LogP contribution in [0.15, 0.2) is 199 Å². The van der Waals surface area contributed by atoms with Gasteiger partial charge >= 0.3 is 0 Å². The van der Waals surface area contributed by atoms with Crippen LogP contribution in [-0.2, 0) is 0 Å². The van der Waals surface area contributed by atoms with Crippen molar-refractivity contribution < 1.29 is 4.42 Å². The van der Waals surface area contributed by atoms with Crippen molar-refractivity contribution in [2.24, 2.45) is 0 Å². The number of para-hydroxylation sites is 2. The first-order valence-electron chi connectivity index (χ1n) is 18.8. The number of rotatable bonds is 6. The molecule has 0 bridgehead atoms. The molecule has 3 heterocycles. The third-order valence-corrected chi connectivity index (χ3v) is 10.6. The normalized spacial score (nSPS) is 11.6.